The lowest BCUT2D eigenvalue weighted by molar-refractivity contribution is 0.626. The van der Waals surface area contributed by atoms with Crippen molar-refractivity contribution in [2.45, 2.75) is 54.4 Å². The Hall–Kier alpha value is -1.70. The van der Waals surface area contributed by atoms with Gasteiger partial charge in [-0.1, -0.05) is 66.8 Å². The normalized spacial score (nSPS) is 12.0. The molecule has 2 heteroatoms. The van der Waals surface area contributed by atoms with Crippen LogP contribution in [0.2, 0.25) is 0 Å². The first-order valence-corrected chi connectivity index (χ1v) is 6.59. The molecule has 0 amide bonds. The van der Waals surface area contributed by atoms with Crippen molar-refractivity contribution in [2.75, 3.05) is 0 Å². The molecule has 0 aromatic heterocycles. The van der Waals surface area contributed by atoms with E-state index in [1.54, 1.807) is 13.8 Å². The Morgan fingerprint density at radius 2 is 1.09 bits per heavy atom. The summed E-state index contributed by atoms with van der Waals surface area (Å²) in [5.74, 6) is -0.904. The second kappa shape index (κ2) is 10.9. The highest BCUT2D eigenvalue weighted by molar-refractivity contribution is 5.19. The zero-order valence-electron chi connectivity index (χ0n) is 16.2. The van der Waals surface area contributed by atoms with Crippen LogP contribution in [0.15, 0.2) is 48.4 Å². The van der Waals surface area contributed by atoms with Crippen LogP contribution in [0.1, 0.15) is 71.0 Å². The SMILES string of the molecule is C.C.CC(C)c1ccc(F)cc1.[2H]c1c([2H])c(C(C)C)c([2H])c([2H])c1F. The van der Waals surface area contributed by atoms with Gasteiger partial charge in [0, 0.05) is 0 Å². The lowest BCUT2D eigenvalue weighted by atomic mass is 10.0. The monoisotopic (exact) mass is 312 g/mol. The molecule has 2 aromatic rings. The molecular formula is C20H30F2. The van der Waals surface area contributed by atoms with E-state index in [9.17, 15) is 8.78 Å². The predicted molar refractivity (Wildman–Crippen MR) is 94.4 cm³/mol. The van der Waals surface area contributed by atoms with Gasteiger partial charge in [0.25, 0.3) is 0 Å². The van der Waals surface area contributed by atoms with E-state index in [1.165, 1.54) is 17.7 Å². The maximum Gasteiger partial charge on any atom is 0.123 e. The number of halogens is 2. The van der Waals surface area contributed by atoms with E-state index in [1.807, 2.05) is 12.1 Å². The van der Waals surface area contributed by atoms with Crippen LogP contribution in [0.4, 0.5) is 8.78 Å². The van der Waals surface area contributed by atoms with Gasteiger partial charge in [-0.15, -0.1) is 0 Å². The van der Waals surface area contributed by atoms with Crippen LogP contribution in [-0.2, 0) is 0 Å². The summed E-state index contributed by atoms with van der Waals surface area (Å²) in [7, 11) is 0. The van der Waals surface area contributed by atoms with Crippen LogP contribution in [0.25, 0.3) is 0 Å². The zero-order valence-corrected chi connectivity index (χ0v) is 12.2. The Morgan fingerprint density at radius 1 is 0.682 bits per heavy atom. The van der Waals surface area contributed by atoms with Crippen molar-refractivity contribution >= 4 is 0 Å². The third-order valence-electron chi connectivity index (χ3n) is 2.73. The number of hydrogen-bond donors (Lipinski definition) is 0. The second-order valence-corrected chi connectivity index (χ2v) is 5.09. The first-order chi connectivity index (χ1) is 11.1. The quantitative estimate of drug-likeness (QED) is 0.551. The van der Waals surface area contributed by atoms with E-state index in [0.717, 1.165) is 0 Å². The number of rotatable bonds is 2. The highest BCUT2D eigenvalue weighted by atomic mass is 19.1. The topological polar surface area (TPSA) is 0 Å². The largest absolute Gasteiger partial charge is 0.207 e. The van der Waals surface area contributed by atoms with Gasteiger partial charge in [-0.2, -0.15) is 0 Å². The van der Waals surface area contributed by atoms with Crippen LogP contribution in [0, 0.1) is 11.6 Å². The molecule has 2 aromatic carbocycles. The van der Waals surface area contributed by atoms with E-state index in [4.69, 9.17) is 5.48 Å². The fourth-order valence-corrected chi connectivity index (χ4v) is 1.44. The predicted octanol–water partition coefficient (Wildman–Crippen LogP) is 7.17. The van der Waals surface area contributed by atoms with Crippen molar-refractivity contribution in [3.8, 4) is 0 Å². The molecule has 0 aliphatic heterocycles. The molecule has 0 N–H and O–H groups in total. The summed E-state index contributed by atoms with van der Waals surface area (Å²) in [6.07, 6.45) is 0. The van der Waals surface area contributed by atoms with Gasteiger partial charge in [0.05, 0.1) is 5.48 Å². The number of benzene rings is 2. The third kappa shape index (κ3) is 7.92. The van der Waals surface area contributed by atoms with E-state index in [-0.39, 0.29) is 44.2 Å². The van der Waals surface area contributed by atoms with Crippen molar-refractivity contribution in [2.24, 2.45) is 0 Å². The molecule has 0 fully saturated rings. The minimum absolute atomic E-state index is 0. The first-order valence-electron chi connectivity index (χ1n) is 8.59. The van der Waals surface area contributed by atoms with Gasteiger partial charge in [-0.25, -0.2) is 8.78 Å². The van der Waals surface area contributed by atoms with Crippen molar-refractivity contribution in [3.05, 3.63) is 71.2 Å². The summed E-state index contributed by atoms with van der Waals surface area (Å²) in [6.45, 7) is 7.69. The molecule has 0 aliphatic carbocycles. The standard InChI is InChI=1S/2C9H11F.2CH4/c2*1-7(2)8-3-5-9(10)6-4-8;;/h2*3-7H,1-2H3;2*1H4/i3D,4D,5D,6D;;;. The molecule has 0 heterocycles. The third-order valence-corrected chi connectivity index (χ3v) is 2.73. The van der Waals surface area contributed by atoms with Crippen LogP contribution >= 0.6 is 0 Å². The zero-order chi connectivity index (χ0) is 18.6. The molecule has 22 heavy (non-hydrogen) atoms. The fraction of sp³-hybridized carbons (Fsp3) is 0.400. The van der Waals surface area contributed by atoms with Gasteiger partial charge in [0.1, 0.15) is 11.6 Å². The molecule has 0 saturated carbocycles. The summed E-state index contributed by atoms with van der Waals surface area (Å²) < 4.78 is 54.9. The Kier molecular flexibility index (Phi) is 7.57. The van der Waals surface area contributed by atoms with E-state index < -0.39 is 17.9 Å². The summed E-state index contributed by atoms with van der Waals surface area (Å²) in [5, 5.41) is 0. The summed E-state index contributed by atoms with van der Waals surface area (Å²) >= 11 is 0. The van der Waals surface area contributed by atoms with Crippen molar-refractivity contribution in [1.29, 1.82) is 0 Å². The molecule has 0 saturated heterocycles. The van der Waals surface area contributed by atoms with Crippen LogP contribution < -0.4 is 0 Å². The molecule has 124 valence electrons. The minimum atomic E-state index is -1.08. The van der Waals surface area contributed by atoms with Crippen molar-refractivity contribution < 1.29 is 14.3 Å². The Labute approximate surface area is 140 Å². The average Bonchev–Trinajstić information content (AvgIpc) is 2.52. The van der Waals surface area contributed by atoms with Crippen LogP contribution in [0.5, 0.6) is 0 Å². The number of hydrogen-bond acceptors (Lipinski definition) is 0. The molecule has 0 aliphatic rings. The molecular weight excluding hydrogens is 278 g/mol. The first kappa shape index (κ1) is 15.2. The average molecular weight is 312 g/mol. The molecule has 0 radical (unpaired) electrons. The smallest absolute Gasteiger partial charge is 0.123 e. The van der Waals surface area contributed by atoms with Gasteiger partial charge in [0.2, 0.25) is 0 Å². The lowest BCUT2D eigenvalue weighted by Crippen LogP contribution is -1.85. The highest BCUT2D eigenvalue weighted by Gasteiger charge is 1.97. The van der Waals surface area contributed by atoms with E-state index >= 15 is 0 Å². The lowest BCUT2D eigenvalue weighted by Gasteiger charge is -2.02. The van der Waals surface area contributed by atoms with Gasteiger partial charge in [-0.05, 0) is 47.2 Å². The maximum absolute atomic E-state index is 13.1. The van der Waals surface area contributed by atoms with E-state index in [0.29, 0.717) is 5.92 Å². The molecule has 2 rings (SSSR count). The summed E-state index contributed by atoms with van der Waals surface area (Å²) in [6, 6.07) is 4.89. The molecule has 0 nitrogen and oxygen atoms in total. The molecule has 0 unspecified atom stereocenters. The van der Waals surface area contributed by atoms with Crippen LogP contribution in [-0.4, -0.2) is 0 Å². The van der Waals surface area contributed by atoms with Gasteiger partial charge in [-0.3, -0.25) is 0 Å². The Morgan fingerprint density at radius 3 is 1.45 bits per heavy atom. The van der Waals surface area contributed by atoms with Crippen LogP contribution in [0.3, 0.4) is 0 Å². The van der Waals surface area contributed by atoms with E-state index in [2.05, 4.69) is 13.8 Å². The summed E-state index contributed by atoms with van der Waals surface area (Å²) in [5.41, 5.74) is 1.45. The van der Waals surface area contributed by atoms with Gasteiger partial charge < -0.3 is 0 Å². The van der Waals surface area contributed by atoms with Crippen molar-refractivity contribution in [1.82, 2.24) is 0 Å². The minimum Gasteiger partial charge on any atom is -0.207 e. The Balaban J connectivity index is 0. The fourth-order valence-electron chi connectivity index (χ4n) is 1.44. The molecule has 0 bridgehead atoms. The summed E-state index contributed by atoms with van der Waals surface area (Å²) in [4.78, 5) is 0. The molecule has 0 spiro atoms. The highest BCUT2D eigenvalue weighted by Crippen LogP contribution is 2.14. The van der Waals surface area contributed by atoms with Gasteiger partial charge >= 0.3 is 0 Å². The molecule has 0 atom stereocenters. The Bertz CT molecular complexity index is 667. The maximum atomic E-state index is 13.1. The van der Waals surface area contributed by atoms with Gasteiger partial charge in [0.15, 0.2) is 0 Å². The van der Waals surface area contributed by atoms with Crippen molar-refractivity contribution in [3.63, 3.8) is 0 Å². The second-order valence-electron chi connectivity index (χ2n) is 5.09.